The van der Waals surface area contributed by atoms with E-state index in [2.05, 4.69) is 21.2 Å². The van der Waals surface area contributed by atoms with Crippen LogP contribution in [0, 0.1) is 0 Å². The van der Waals surface area contributed by atoms with Crippen molar-refractivity contribution in [1.29, 1.82) is 0 Å². The molecular weight excluding hydrogens is 464 g/mol. The minimum Gasteiger partial charge on any atom is -0.493 e. The number of hydrogen-bond acceptors (Lipinski definition) is 5. The Labute approximate surface area is 189 Å². The Morgan fingerprint density at radius 3 is 2.39 bits per heavy atom. The number of benzene rings is 2. The van der Waals surface area contributed by atoms with Crippen LogP contribution in [0.1, 0.15) is 16.1 Å². The Morgan fingerprint density at radius 2 is 1.74 bits per heavy atom. The SMILES string of the molecule is COc1ccccc1OCCN(C)C(=O)Cc1ccc(NC(=O)c2ccc(Br)o2)cc1. The highest BCUT2D eigenvalue weighted by Gasteiger charge is 2.13. The molecule has 3 aromatic rings. The van der Waals surface area contributed by atoms with E-state index in [1.807, 2.05) is 36.4 Å². The highest BCUT2D eigenvalue weighted by molar-refractivity contribution is 9.10. The van der Waals surface area contributed by atoms with Gasteiger partial charge in [0.15, 0.2) is 21.9 Å². The van der Waals surface area contributed by atoms with Gasteiger partial charge < -0.3 is 24.1 Å². The van der Waals surface area contributed by atoms with Gasteiger partial charge in [0.25, 0.3) is 5.91 Å². The van der Waals surface area contributed by atoms with E-state index in [0.29, 0.717) is 35.0 Å². The van der Waals surface area contributed by atoms with Gasteiger partial charge in [0.1, 0.15) is 6.61 Å². The number of anilines is 1. The predicted octanol–water partition coefficient (Wildman–Crippen LogP) is 4.38. The third kappa shape index (κ3) is 6.36. The summed E-state index contributed by atoms with van der Waals surface area (Å²) in [6.07, 6.45) is 0.254. The van der Waals surface area contributed by atoms with Crippen LogP contribution in [0.15, 0.2) is 69.8 Å². The van der Waals surface area contributed by atoms with Gasteiger partial charge in [0, 0.05) is 12.7 Å². The van der Waals surface area contributed by atoms with Gasteiger partial charge in [-0.1, -0.05) is 24.3 Å². The molecule has 2 aromatic carbocycles. The molecule has 0 fully saturated rings. The van der Waals surface area contributed by atoms with Gasteiger partial charge in [-0.25, -0.2) is 0 Å². The molecule has 2 amide bonds. The Morgan fingerprint density at radius 1 is 1.03 bits per heavy atom. The number of nitrogens with zero attached hydrogens (tertiary/aromatic N) is 1. The molecule has 0 atom stereocenters. The summed E-state index contributed by atoms with van der Waals surface area (Å²) in [5, 5.41) is 2.75. The summed E-state index contributed by atoms with van der Waals surface area (Å²) in [4.78, 5) is 26.2. The molecule has 8 heteroatoms. The standard InChI is InChI=1S/C23H23BrN2O5/c1-26(13-14-30-19-6-4-3-5-18(19)29-2)22(27)15-16-7-9-17(10-8-16)25-23(28)20-11-12-21(24)31-20/h3-12H,13-15H2,1-2H3,(H,25,28). The van der Waals surface area contributed by atoms with E-state index in [1.54, 1.807) is 43.3 Å². The first-order valence-corrected chi connectivity index (χ1v) is 10.4. The molecule has 0 aliphatic heterocycles. The zero-order valence-corrected chi connectivity index (χ0v) is 18.8. The van der Waals surface area contributed by atoms with Gasteiger partial charge in [-0.2, -0.15) is 0 Å². The van der Waals surface area contributed by atoms with E-state index in [-0.39, 0.29) is 24.0 Å². The Kier molecular flexibility index (Phi) is 7.72. The lowest BCUT2D eigenvalue weighted by atomic mass is 10.1. The number of rotatable bonds is 9. The molecule has 1 N–H and O–H groups in total. The van der Waals surface area contributed by atoms with Crippen molar-refractivity contribution in [2.75, 3.05) is 32.6 Å². The first-order chi connectivity index (χ1) is 15.0. The first-order valence-electron chi connectivity index (χ1n) is 9.61. The van der Waals surface area contributed by atoms with Crippen LogP contribution in [0.4, 0.5) is 5.69 Å². The fraction of sp³-hybridized carbons (Fsp3) is 0.217. The topological polar surface area (TPSA) is 81.0 Å². The molecule has 0 aliphatic rings. The molecule has 0 saturated carbocycles. The minimum atomic E-state index is -0.343. The van der Waals surface area contributed by atoms with Crippen molar-refractivity contribution in [2.45, 2.75) is 6.42 Å². The second-order valence-corrected chi connectivity index (χ2v) is 7.53. The summed E-state index contributed by atoms with van der Waals surface area (Å²) in [5.74, 6) is 1.14. The van der Waals surface area contributed by atoms with Crippen LogP contribution in [-0.4, -0.2) is 44.0 Å². The normalized spacial score (nSPS) is 10.4. The second kappa shape index (κ2) is 10.7. The highest BCUT2D eigenvalue weighted by Crippen LogP contribution is 2.25. The average molecular weight is 487 g/mol. The van der Waals surface area contributed by atoms with Gasteiger partial charge in [-0.15, -0.1) is 0 Å². The predicted molar refractivity (Wildman–Crippen MR) is 121 cm³/mol. The largest absolute Gasteiger partial charge is 0.493 e. The molecule has 0 unspecified atom stereocenters. The Bertz CT molecular complexity index is 1030. The summed E-state index contributed by atoms with van der Waals surface area (Å²) in [5.41, 5.74) is 1.47. The zero-order valence-electron chi connectivity index (χ0n) is 17.3. The highest BCUT2D eigenvalue weighted by atomic mass is 79.9. The number of para-hydroxylation sites is 2. The van der Waals surface area contributed by atoms with Crippen LogP contribution in [-0.2, 0) is 11.2 Å². The van der Waals surface area contributed by atoms with Crippen LogP contribution >= 0.6 is 15.9 Å². The summed E-state index contributed by atoms with van der Waals surface area (Å²) in [7, 11) is 3.33. The zero-order chi connectivity index (χ0) is 22.2. The maximum Gasteiger partial charge on any atom is 0.291 e. The molecule has 3 rings (SSSR count). The first kappa shape index (κ1) is 22.4. The summed E-state index contributed by atoms with van der Waals surface area (Å²) < 4.78 is 16.7. The fourth-order valence-electron chi connectivity index (χ4n) is 2.80. The van der Waals surface area contributed by atoms with Gasteiger partial charge in [-0.3, -0.25) is 9.59 Å². The Hall–Kier alpha value is -3.26. The van der Waals surface area contributed by atoms with Crippen LogP contribution in [0.2, 0.25) is 0 Å². The average Bonchev–Trinajstić information content (AvgIpc) is 3.21. The smallest absolute Gasteiger partial charge is 0.291 e. The molecule has 7 nitrogen and oxygen atoms in total. The maximum absolute atomic E-state index is 12.5. The molecule has 0 aliphatic carbocycles. The van der Waals surface area contributed by atoms with Gasteiger partial charge in [0.2, 0.25) is 5.91 Å². The lowest BCUT2D eigenvalue weighted by Crippen LogP contribution is -2.32. The third-order valence-electron chi connectivity index (χ3n) is 4.54. The number of likely N-dealkylation sites (N-methyl/N-ethyl adjacent to an activating group) is 1. The minimum absolute atomic E-state index is 0.0270. The number of amides is 2. The summed E-state index contributed by atoms with van der Waals surface area (Å²) in [6.45, 7) is 0.806. The van der Waals surface area contributed by atoms with E-state index in [4.69, 9.17) is 13.9 Å². The number of carbonyl (C=O) groups excluding carboxylic acids is 2. The Balaban J connectivity index is 1.46. The van der Waals surface area contributed by atoms with Crippen LogP contribution in [0.5, 0.6) is 11.5 Å². The van der Waals surface area contributed by atoms with Crippen molar-refractivity contribution in [3.63, 3.8) is 0 Å². The lowest BCUT2D eigenvalue weighted by Gasteiger charge is -2.18. The molecular formula is C23H23BrN2O5. The molecule has 0 radical (unpaired) electrons. The number of furan rings is 1. The van der Waals surface area contributed by atoms with Crippen LogP contribution in [0.3, 0.4) is 0 Å². The second-order valence-electron chi connectivity index (χ2n) is 6.75. The number of ether oxygens (including phenoxy) is 2. The van der Waals surface area contributed by atoms with Gasteiger partial charge >= 0.3 is 0 Å². The number of carbonyl (C=O) groups is 2. The van der Waals surface area contributed by atoms with Crippen molar-refractivity contribution < 1.29 is 23.5 Å². The molecule has 1 aromatic heterocycles. The number of nitrogens with one attached hydrogen (secondary N) is 1. The molecule has 1 heterocycles. The van der Waals surface area contributed by atoms with E-state index in [1.165, 1.54) is 0 Å². The van der Waals surface area contributed by atoms with Crippen LogP contribution in [0.25, 0.3) is 0 Å². The molecule has 162 valence electrons. The van der Waals surface area contributed by atoms with Crippen LogP contribution < -0.4 is 14.8 Å². The molecule has 0 bridgehead atoms. The number of halogens is 1. The number of methoxy groups -OCH3 is 1. The van der Waals surface area contributed by atoms with E-state index in [9.17, 15) is 9.59 Å². The monoisotopic (exact) mass is 486 g/mol. The van der Waals surface area contributed by atoms with E-state index < -0.39 is 0 Å². The number of hydrogen-bond donors (Lipinski definition) is 1. The summed E-state index contributed by atoms with van der Waals surface area (Å²) >= 11 is 3.17. The van der Waals surface area contributed by atoms with Crippen molar-refractivity contribution in [1.82, 2.24) is 4.90 Å². The summed E-state index contributed by atoms with van der Waals surface area (Å²) in [6, 6.07) is 17.7. The van der Waals surface area contributed by atoms with Crippen molar-refractivity contribution >= 4 is 33.4 Å². The maximum atomic E-state index is 12.5. The van der Waals surface area contributed by atoms with Crippen molar-refractivity contribution in [3.8, 4) is 11.5 Å². The van der Waals surface area contributed by atoms with Gasteiger partial charge in [0.05, 0.1) is 20.1 Å². The van der Waals surface area contributed by atoms with Crippen molar-refractivity contribution in [2.24, 2.45) is 0 Å². The molecule has 0 saturated heterocycles. The molecule has 31 heavy (non-hydrogen) atoms. The third-order valence-corrected chi connectivity index (χ3v) is 4.97. The van der Waals surface area contributed by atoms with Crippen molar-refractivity contribution in [3.05, 3.63) is 76.7 Å². The van der Waals surface area contributed by atoms with E-state index >= 15 is 0 Å². The van der Waals surface area contributed by atoms with Gasteiger partial charge in [-0.05, 0) is 57.9 Å². The quantitative estimate of drug-likeness (QED) is 0.485. The molecule has 0 spiro atoms. The lowest BCUT2D eigenvalue weighted by molar-refractivity contribution is -0.129. The van der Waals surface area contributed by atoms with E-state index in [0.717, 1.165) is 5.56 Å². The fourth-order valence-corrected chi connectivity index (χ4v) is 3.11.